The zero-order chi connectivity index (χ0) is 15.9. The van der Waals surface area contributed by atoms with E-state index in [2.05, 4.69) is 44.0 Å². The summed E-state index contributed by atoms with van der Waals surface area (Å²) in [5.74, 6) is 1.72. The van der Waals surface area contributed by atoms with Crippen molar-refractivity contribution in [1.29, 1.82) is 0 Å². The lowest BCUT2D eigenvalue weighted by atomic mass is 9.91. The topological polar surface area (TPSA) is 37.3 Å². The summed E-state index contributed by atoms with van der Waals surface area (Å²) in [6.45, 7) is 11.6. The minimum atomic E-state index is 0.281. The van der Waals surface area contributed by atoms with Gasteiger partial charge in [0.25, 0.3) is 0 Å². The van der Waals surface area contributed by atoms with Crippen molar-refractivity contribution >= 4 is 16.7 Å². The van der Waals surface area contributed by atoms with E-state index in [0.29, 0.717) is 6.54 Å². The Morgan fingerprint density at radius 1 is 1.23 bits per heavy atom. The number of nitrogens with one attached hydrogen (secondary N) is 2. The van der Waals surface area contributed by atoms with Gasteiger partial charge in [-0.15, -0.1) is 0 Å². The van der Waals surface area contributed by atoms with Gasteiger partial charge in [-0.2, -0.15) is 0 Å². The fourth-order valence-electron chi connectivity index (χ4n) is 4.19. The summed E-state index contributed by atoms with van der Waals surface area (Å²) in [6.07, 6.45) is 1.29. The smallest absolute Gasteiger partial charge is 0.219 e. The van der Waals surface area contributed by atoms with Crippen LogP contribution in [0.25, 0.3) is 10.9 Å². The monoisotopic (exact) mass is 299 g/mol. The zero-order valence-electron chi connectivity index (χ0n) is 14.1. The number of piperidine rings is 1. The van der Waals surface area contributed by atoms with Crippen LogP contribution in [0.1, 0.15) is 41.9 Å². The van der Waals surface area contributed by atoms with Gasteiger partial charge in [-0.3, -0.25) is 4.79 Å². The highest BCUT2D eigenvalue weighted by atomic mass is 16.1. The fourth-order valence-corrected chi connectivity index (χ4v) is 4.19. The maximum Gasteiger partial charge on any atom is 0.219 e. The van der Waals surface area contributed by atoms with Crippen LogP contribution >= 0.6 is 0 Å². The first-order valence-electron chi connectivity index (χ1n) is 8.39. The number of hydrogen-bond acceptors (Lipinski definition) is 1. The van der Waals surface area contributed by atoms with Crippen LogP contribution in [0.15, 0.2) is 18.2 Å². The Kier molecular flexibility index (Phi) is 4.09. The van der Waals surface area contributed by atoms with Gasteiger partial charge in [0.05, 0.1) is 18.7 Å². The molecular weight excluding hydrogens is 272 g/mol. The molecule has 0 saturated carbocycles. The average Bonchev–Trinajstić information content (AvgIpc) is 2.72. The molecule has 2 atom stereocenters. The first kappa shape index (κ1) is 15.3. The molecule has 2 N–H and O–H groups in total. The minimum absolute atomic E-state index is 0.281. The molecule has 0 unspecified atom stereocenters. The maximum atomic E-state index is 12.9. The molecule has 1 aromatic carbocycles. The van der Waals surface area contributed by atoms with Crippen LogP contribution < -0.4 is 4.90 Å². The van der Waals surface area contributed by atoms with Crippen LogP contribution in [0.3, 0.4) is 0 Å². The van der Waals surface area contributed by atoms with Crippen molar-refractivity contribution in [2.24, 2.45) is 11.8 Å². The number of aryl methyl sites for hydroxylation is 2. The number of benzene rings is 1. The number of rotatable bonds is 3. The molecule has 0 bridgehead atoms. The molecule has 0 radical (unpaired) electrons. The molecule has 1 aliphatic heterocycles. The van der Waals surface area contributed by atoms with E-state index in [9.17, 15) is 4.79 Å². The predicted octanol–water partition coefficient (Wildman–Crippen LogP) is 2.53. The van der Waals surface area contributed by atoms with Gasteiger partial charge in [-0.25, -0.2) is 0 Å². The largest absolute Gasteiger partial charge is 0.358 e. The third-order valence-corrected chi connectivity index (χ3v) is 4.91. The highest BCUT2D eigenvalue weighted by molar-refractivity contribution is 6.09. The second-order valence-corrected chi connectivity index (χ2v) is 7.38. The summed E-state index contributed by atoms with van der Waals surface area (Å²) in [5.41, 5.74) is 4.20. The van der Waals surface area contributed by atoms with Crippen LogP contribution in [0.4, 0.5) is 0 Å². The average molecular weight is 299 g/mol. The van der Waals surface area contributed by atoms with Crippen LogP contribution in [0, 0.1) is 25.7 Å². The number of Topliss-reactive ketones (excluding diaryl/α,β-unsaturated/α-hetero) is 1. The summed E-state index contributed by atoms with van der Waals surface area (Å²) >= 11 is 0. The van der Waals surface area contributed by atoms with E-state index >= 15 is 0 Å². The van der Waals surface area contributed by atoms with Crippen molar-refractivity contribution in [2.75, 3.05) is 19.6 Å². The van der Waals surface area contributed by atoms with E-state index in [4.69, 9.17) is 0 Å². The molecule has 2 aromatic rings. The molecule has 3 nitrogen and oxygen atoms in total. The van der Waals surface area contributed by atoms with Crippen LogP contribution in [-0.2, 0) is 0 Å². The Morgan fingerprint density at radius 3 is 2.59 bits per heavy atom. The van der Waals surface area contributed by atoms with Gasteiger partial charge < -0.3 is 9.88 Å². The first-order chi connectivity index (χ1) is 10.4. The molecule has 3 rings (SSSR count). The Balaban J connectivity index is 1.84. The number of carbonyl (C=O) groups excluding carboxylic acids is 1. The number of fused-ring (bicyclic) bond motifs is 1. The Labute approximate surface area is 132 Å². The number of carbonyl (C=O) groups is 1. The number of H-pyrrole nitrogens is 1. The quantitative estimate of drug-likeness (QED) is 0.840. The van der Waals surface area contributed by atoms with Gasteiger partial charge >= 0.3 is 0 Å². The molecule has 1 aromatic heterocycles. The highest BCUT2D eigenvalue weighted by Crippen LogP contribution is 2.23. The predicted molar refractivity (Wildman–Crippen MR) is 90.6 cm³/mol. The number of hydrogen-bond donors (Lipinski definition) is 2. The van der Waals surface area contributed by atoms with Gasteiger partial charge in [0.2, 0.25) is 5.78 Å². The number of ketones is 1. The summed E-state index contributed by atoms with van der Waals surface area (Å²) in [5, 5.41) is 1.07. The van der Waals surface area contributed by atoms with Crippen LogP contribution in [-0.4, -0.2) is 30.4 Å². The molecule has 1 fully saturated rings. The molecule has 1 saturated heterocycles. The molecule has 118 valence electrons. The van der Waals surface area contributed by atoms with Crippen LogP contribution in [0.5, 0.6) is 0 Å². The van der Waals surface area contributed by atoms with E-state index in [0.717, 1.165) is 47.1 Å². The summed E-state index contributed by atoms with van der Waals surface area (Å²) in [7, 11) is 0. The number of aromatic nitrogens is 1. The van der Waals surface area contributed by atoms with E-state index < -0.39 is 0 Å². The third-order valence-electron chi connectivity index (χ3n) is 4.91. The molecular formula is C19H27N2O+. The van der Waals surface area contributed by atoms with Gasteiger partial charge in [0, 0.05) is 28.4 Å². The zero-order valence-corrected chi connectivity index (χ0v) is 14.1. The number of quaternary nitrogens is 1. The molecule has 0 aliphatic carbocycles. The van der Waals surface area contributed by atoms with Crippen molar-refractivity contribution in [2.45, 2.75) is 34.1 Å². The maximum absolute atomic E-state index is 12.9. The molecule has 1 aliphatic rings. The Bertz CT molecular complexity index is 691. The standard InChI is InChI=1S/C19H26N2O/c1-12-5-6-16-17(8-12)20-15(4)19(16)18(22)11-21-9-13(2)7-14(3)10-21/h5-6,8,13-14,20H,7,9-11H2,1-4H3/p+1/t13-,14-/m0/s1. The van der Waals surface area contributed by atoms with Gasteiger partial charge in [0.15, 0.2) is 0 Å². The Morgan fingerprint density at radius 2 is 1.91 bits per heavy atom. The van der Waals surface area contributed by atoms with Crippen molar-refractivity contribution in [3.8, 4) is 0 Å². The summed E-state index contributed by atoms with van der Waals surface area (Å²) < 4.78 is 0. The minimum Gasteiger partial charge on any atom is -0.358 e. The molecule has 22 heavy (non-hydrogen) atoms. The fraction of sp³-hybridized carbons (Fsp3) is 0.526. The molecule has 3 heteroatoms. The lowest BCUT2D eigenvalue weighted by Crippen LogP contribution is -3.15. The SMILES string of the molecule is Cc1ccc2c(C(=O)C[NH+]3C[C@@H](C)C[C@H](C)C3)c(C)[nH]c2c1. The van der Waals surface area contributed by atoms with E-state index in [1.54, 1.807) is 0 Å². The molecule has 0 amide bonds. The van der Waals surface area contributed by atoms with Gasteiger partial charge in [0.1, 0.15) is 6.54 Å². The summed E-state index contributed by atoms with van der Waals surface area (Å²) in [4.78, 5) is 17.7. The third kappa shape index (κ3) is 2.95. The lowest BCUT2D eigenvalue weighted by Gasteiger charge is -2.31. The van der Waals surface area contributed by atoms with E-state index in [1.165, 1.54) is 16.9 Å². The summed E-state index contributed by atoms with van der Waals surface area (Å²) in [6, 6.07) is 6.29. The van der Waals surface area contributed by atoms with Gasteiger partial charge in [-0.05, 0) is 31.9 Å². The van der Waals surface area contributed by atoms with E-state index in [1.807, 2.05) is 6.92 Å². The highest BCUT2D eigenvalue weighted by Gasteiger charge is 2.28. The van der Waals surface area contributed by atoms with Gasteiger partial charge in [-0.1, -0.05) is 26.0 Å². The number of aromatic amines is 1. The van der Waals surface area contributed by atoms with Crippen molar-refractivity contribution in [3.63, 3.8) is 0 Å². The van der Waals surface area contributed by atoms with Crippen molar-refractivity contribution < 1.29 is 9.69 Å². The normalized spacial score (nSPS) is 25.5. The molecule has 2 heterocycles. The van der Waals surface area contributed by atoms with Crippen LogP contribution in [0.2, 0.25) is 0 Å². The Hall–Kier alpha value is -1.61. The lowest BCUT2D eigenvalue weighted by molar-refractivity contribution is -0.903. The second kappa shape index (κ2) is 5.88. The first-order valence-corrected chi connectivity index (χ1v) is 8.39. The number of likely N-dealkylation sites (tertiary alicyclic amines) is 1. The molecule has 0 spiro atoms. The second-order valence-electron chi connectivity index (χ2n) is 7.38. The van der Waals surface area contributed by atoms with Crippen molar-refractivity contribution in [3.05, 3.63) is 35.0 Å². The van der Waals surface area contributed by atoms with E-state index in [-0.39, 0.29) is 5.78 Å². The van der Waals surface area contributed by atoms with Crippen molar-refractivity contribution in [1.82, 2.24) is 4.98 Å².